The van der Waals surface area contributed by atoms with Crippen LogP contribution in [0.4, 0.5) is 10.5 Å². The van der Waals surface area contributed by atoms with Crippen LogP contribution in [0.1, 0.15) is 49.4 Å². The van der Waals surface area contributed by atoms with E-state index in [0.29, 0.717) is 5.69 Å². The van der Waals surface area contributed by atoms with Crippen LogP contribution in [0.15, 0.2) is 24.3 Å². The summed E-state index contributed by atoms with van der Waals surface area (Å²) in [5.41, 5.74) is 0.804. The minimum absolute atomic E-state index is 0.207. The van der Waals surface area contributed by atoms with Crippen molar-refractivity contribution in [2.24, 2.45) is 5.92 Å². The number of hydrogen-bond acceptors (Lipinski definition) is 2. The predicted molar refractivity (Wildman–Crippen MR) is 81.6 cm³/mol. The molecule has 1 saturated carbocycles. The third kappa shape index (κ3) is 4.48. The Morgan fingerprint density at radius 1 is 1.14 bits per heavy atom. The van der Waals surface area contributed by atoms with E-state index in [-0.39, 0.29) is 17.6 Å². The zero-order valence-corrected chi connectivity index (χ0v) is 12.3. The summed E-state index contributed by atoms with van der Waals surface area (Å²) in [5, 5.41) is 14.5. The first kappa shape index (κ1) is 15.4. The Morgan fingerprint density at radius 3 is 2.29 bits per heavy atom. The van der Waals surface area contributed by atoms with Gasteiger partial charge < -0.3 is 15.7 Å². The maximum atomic E-state index is 11.9. The van der Waals surface area contributed by atoms with Gasteiger partial charge in [-0.15, -0.1) is 0 Å². The molecule has 2 amide bonds. The molecule has 1 aromatic carbocycles. The van der Waals surface area contributed by atoms with Gasteiger partial charge in [0, 0.05) is 11.7 Å². The highest BCUT2D eigenvalue weighted by Gasteiger charge is 2.21. The monoisotopic (exact) mass is 290 g/mol. The topological polar surface area (TPSA) is 78.4 Å². The van der Waals surface area contributed by atoms with Gasteiger partial charge in [0.1, 0.15) is 0 Å². The minimum atomic E-state index is -0.973. The van der Waals surface area contributed by atoms with Crippen molar-refractivity contribution in [2.45, 2.75) is 45.1 Å². The number of carboxylic acid groups (broad SMARTS) is 1. The molecule has 0 saturated heterocycles. The first-order valence-corrected chi connectivity index (χ1v) is 7.49. The van der Waals surface area contributed by atoms with E-state index in [1.807, 2.05) is 0 Å². The number of nitrogens with one attached hydrogen (secondary N) is 2. The Kier molecular flexibility index (Phi) is 5.20. The van der Waals surface area contributed by atoms with Crippen molar-refractivity contribution < 1.29 is 14.7 Å². The lowest BCUT2D eigenvalue weighted by atomic mass is 9.85. The summed E-state index contributed by atoms with van der Waals surface area (Å²) >= 11 is 0. The molecule has 3 N–H and O–H groups in total. The fraction of sp³-hybridized carbons (Fsp3) is 0.500. The molecule has 0 aliphatic heterocycles. The third-order valence-corrected chi connectivity index (χ3v) is 4.15. The molecule has 0 bridgehead atoms. The van der Waals surface area contributed by atoms with Gasteiger partial charge in [-0.2, -0.15) is 0 Å². The van der Waals surface area contributed by atoms with Crippen LogP contribution >= 0.6 is 0 Å². The molecular weight excluding hydrogens is 268 g/mol. The zero-order chi connectivity index (χ0) is 15.2. The quantitative estimate of drug-likeness (QED) is 0.794. The summed E-state index contributed by atoms with van der Waals surface area (Å²) in [6.07, 6.45) is 5.63. The predicted octanol–water partition coefficient (Wildman–Crippen LogP) is 3.48. The normalized spacial score (nSPS) is 21.6. The van der Waals surface area contributed by atoms with Crippen LogP contribution in [0, 0.1) is 5.92 Å². The number of carbonyl (C=O) groups is 2. The minimum Gasteiger partial charge on any atom is -0.478 e. The lowest BCUT2D eigenvalue weighted by molar-refractivity contribution is 0.0697. The van der Waals surface area contributed by atoms with Crippen molar-refractivity contribution in [1.29, 1.82) is 0 Å². The van der Waals surface area contributed by atoms with Crippen LogP contribution in [0.3, 0.4) is 0 Å². The molecule has 0 aromatic heterocycles. The highest BCUT2D eigenvalue weighted by atomic mass is 16.4. The molecule has 0 heterocycles. The summed E-state index contributed by atoms with van der Waals surface area (Å²) in [5.74, 6) is -0.173. The molecule has 114 valence electrons. The van der Waals surface area contributed by atoms with E-state index in [4.69, 9.17) is 5.11 Å². The number of anilines is 1. The Balaban J connectivity index is 1.80. The number of benzene rings is 1. The van der Waals surface area contributed by atoms with E-state index in [2.05, 4.69) is 17.6 Å². The molecule has 1 aliphatic carbocycles. The summed E-state index contributed by atoms with van der Waals surface area (Å²) in [6, 6.07) is 6.16. The third-order valence-electron chi connectivity index (χ3n) is 4.15. The molecule has 21 heavy (non-hydrogen) atoms. The maximum Gasteiger partial charge on any atom is 0.335 e. The lowest BCUT2D eigenvalue weighted by Gasteiger charge is -2.28. The van der Waals surface area contributed by atoms with Crippen molar-refractivity contribution in [1.82, 2.24) is 5.32 Å². The molecule has 0 atom stereocenters. The van der Waals surface area contributed by atoms with Crippen molar-refractivity contribution in [3.63, 3.8) is 0 Å². The fourth-order valence-corrected chi connectivity index (χ4v) is 2.76. The van der Waals surface area contributed by atoms with Crippen molar-refractivity contribution in [3.8, 4) is 0 Å². The molecule has 0 spiro atoms. The second kappa shape index (κ2) is 7.11. The molecule has 1 aromatic rings. The summed E-state index contributed by atoms with van der Waals surface area (Å²) < 4.78 is 0. The van der Waals surface area contributed by atoms with Crippen LogP contribution < -0.4 is 10.6 Å². The van der Waals surface area contributed by atoms with Gasteiger partial charge in [-0.3, -0.25) is 0 Å². The van der Waals surface area contributed by atoms with Gasteiger partial charge in [0.25, 0.3) is 0 Å². The van der Waals surface area contributed by atoms with Crippen LogP contribution in [-0.4, -0.2) is 23.1 Å². The van der Waals surface area contributed by atoms with Gasteiger partial charge in [0.15, 0.2) is 0 Å². The van der Waals surface area contributed by atoms with Crippen LogP contribution in [0.5, 0.6) is 0 Å². The number of amides is 2. The van der Waals surface area contributed by atoms with Crippen molar-refractivity contribution in [2.75, 3.05) is 5.32 Å². The van der Waals surface area contributed by atoms with Gasteiger partial charge in [-0.25, -0.2) is 9.59 Å². The summed E-state index contributed by atoms with van der Waals surface area (Å²) in [6.45, 7) is 2.21. The highest BCUT2D eigenvalue weighted by molar-refractivity contribution is 5.91. The number of carbonyl (C=O) groups excluding carboxylic acids is 1. The van der Waals surface area contributed by atoms with E-state index in [1.54, 1.807) is 12.1 Å². The van der Waals surface area contributed by atoms with Gasteiger partial charge in [0.05, 0.1) is 5.56 Å². The van der Waals surface area contributed by atoms with Crippen LogP contribution in [0.2, 0.25) is 0 Å². The number of urea groups is 1. The molecule has 1 fully saturated rings. The standard InChI is InChI=1S/C16H22N2O3/c1-2-11-3-7-13(8-4-11)17-16(21)18-14-9-5-12(6-10-14)15(19)20/h5-6,9-11,13H,2-4,7-8H2,1H3,(H,19,20)(H2,17,18,21). The van der Waals surface area contributed by atoms with Crippen molar-refractivity contribution >= 4 is 17.7 Å². The Bertz CT molecular complexity index is 491. The number of rotatable bonds is 4. The second-order valence-electron chi connectivity index (χ2n) is 5.61. The van der Waals surface area contributed by atoms with E-state index >= 15 is 0 Å². The van der Waals surface area contributed by atoms with E-state index in [1.165, 1.54) is 31.4 Å². The van der Waals surface area contributed by atoms with Gasteiger partial charge in [0.2, 0.25) is 0 Å². The van der Waals surface area contributed by atoms with Crippen LogP contribution in [-0.2, 0) is 0 Å². The van der Waals surface area contributed by atoms with E-state index in [0.717, 1.165) is 18.8 Å². The smallest absolute Gasteiger partial charge is 0.335 e. The van der Waals surface area contributed by atoms with E-state index < -0.39 is 5.97 Å². The largest absolute Gasteiger partial charge is 0.478 e. The van der Waals surface area contributed by atoms with Gasteiger partial charge in [-0.05, 0) is 55.9 Å². The highest BCUT2D eigenvalue weighted by Crippen LogP contribution is 2.26. The number of carboxylic acids is 1. The maximum absolute atomic E-state index is 11.9. The first-order valence-electron chi connectivity index (χ1n) is 7.49. The average Bonchev–Trinajstić information content (AvgIpc) is 2.48. The summed E-state index contributed by atoms with van der Waals surface area (Å²) in [7, 11) is 0. The van der Waals surface area contributed by atoms with E-state index in [9.17, 15) is 9.59 Å². The number of aromatic carboxylic acids is 1. The molecule has 0 unspecified atom stereocenters. The van der Waals surface area contributed by atoms with Crippen LogP contribution in [0.25, 0.3) is 0 Å². The average molecular weight is 290 g/mol. The second-order valence-corrected chi connectivity index (χ2v) is 5.61. The first-order chi connectivity index (χ1) is 10.1. The number of hydrogen-bond donors (Lipinski definition) is 3. The fourth-order valence-electron chi connectivity index (χ4n) is 2.76. The van der Waals surface area contributed by atoms with Crippen molar-refractivity contribution in [3.05, 3.63) is 29.8 Å². The van der Waals surface area contributed by atoms with Gasteiger partial charge in [-0.1, -0.05) is 13.3 Å². The molecule has 2 rings (SSSR count). The molecule has 0 radical (unpaired) electrons. The lowest BCUT2D eigenvalue weighted by Crippen LogP contribution is -2.40. The summed E-state index contributed by atoms with van der Waals surface area (Å²) in [4.78, 5) is 22.7. The molecular formula is C16H22N2O3. The SMILES string of the molecule is CCC1CCC(NC(=O)Nc2ccc(C(=O)O)cc2)CC1. The Labute approximate surface area is 124 Å². The Hall–Kier alpha value is -2.04. The molecule has 1 aliphatic rings. The molecule has 5 nitrogen and oxygen atoms in total. The zero-order valence-electron chi connectivity index (χ0n) is 12.3. The Morgan fingerprint density at radius 2 is 1.76 bits per heavy atom. The molecule has 5 heteroatoms. The van der Waals surface area contributed by atoms with Gasteiger partial charge >= 0.3 is 12.0 Å².